The van der Waals surface area contributed by atoms with E-state index in [-0.39, 0.29) is 11.7 Å². The third kappa shape index (κ3) is 4.39. The molecular weight excluding hydrogens is 418 g/mol. The Morgan fingerprint density at radius 3 is 2.33 bits per heavy atom. The summed E-state index contributed by atoms with van der Waals surface area (Å²) in [4.78, 5) is 34.2. The predicted octanol–water partition coefficient (Wildman–Crippen LogP) is 4.45. The van der Waals surface area contributed by atoms with Gasteiger partial charge in [0, 0.05) is 15.7 Å². The molecule has 0 saturated carbocycles. The van der Waals surface area contributed by atoms with Crippen LogP contribution in [0.25, 0.3) is 0 Å². The Bertz CT molecular complexity index is 1020. The number of carbonyl (C=O) groups is 2. The molecule has 0 aliphatic rings. The number of anilines is 2. The van der Waals surface area contributed by atoms with Crippen molar-refractivity contribution in [1.82, 2.24) is 0 Å². The molecule has 2 aromatic carbocycles. The summed E-state index contributed by atoms with van der Waals surface area (Å²) in [5.41, 5.74) is 1.46. The summed E-state index contributed by atoms with van der Waals surface area (Å²) in [7, 11) is 0. The normalized spacial score (nSPS) is 10.3. The second-order valence-electron chi connectivity index (χ2n) is 5.36. The van der Waals surface area contributed by atoms with Gasteiger partial charge in [0.05, 0.1) is 11.8 Å². The molecular formula is C18H12BrN3O5. The first kappa shape index (κ1) is 18.3. The highest BCUT2D eigenvalue weighted by atomic mass is 79.9. The Morgan fingerprint density at radius 1 is 0.963 bits per heavy atom. The van der Waals surface area contributed by atoms with Gasteiger partial charge in [-0.05, 0) is 52.3 Å². The number of nitrogens with zero attached hydrogens (tertiary/aromatic N) is 1. The molecule has 0 saturated heterocycles. The summed E-state index contributed by atoms with van der Waals surface area (Å²) < 4.78 is 5.41. The summed E-state index contributed by atoms with van der Waals surface area (Å²) in [6.45, 7) is 0. The number of hydrogen-bond donors (Lipinski definition) is 2. The number of amides is 2. The molecule has 1 aromatic heterocycles. The van der Waals surface area contributed by atoms with Crippen molar-refractivity contribution in [3.05, 3.63) is 86.6 Å². The Kier molecular flexibility index (Phi) is 5.32. The first-order chi connectivity index (χ1) is 12.9. The zero-order chi connectivity index (χ0) is 19.4. The highest BCUT2D eigenvalue weighted by Crippen LogP contribution is 2.27. The van der Waals surface area contributed by atoms with E-state index in [1.54, 1.807) is 42.5 Å². The third-order valence-corrected chi connectivity index (χ3v) is 4.16. The molecule has 3 rings (SSSR count). The summed E-state index contributed by atoms with van der Waals surface area (Å²) in [5, 5.41) is 15.9. The Hall–Kier alpha value is -3.46. The average molecular weight is 430 g/mol. The van der Waals surface area contributed by atoms with E-state index in [9.17, 15) is 19.7 Å². The SMILES string of the molecule is O=C(Nc1ccc(NC(=O)c2ccc([N+](=O)[O-])o2)cc1Br)c1ccccc1. The van der Waals surface area contributed by atoms with Crippen LogP contribution in [0.3, 0.4) is 0 Å². The largest absolute Gasteiger partial charge is 0.433 e. The predicted molar refractivity (Wildman–Crippen MR) is 102 cm³/mol. The molecule has 0 aliphatic carbocycles. The van der Waals surface area contributed by atoms with E-state index in [4.69, 9.17) is 4.42 Å². The monoisotopic (exact) mass is 429 g/mol. The fourth-order valence-electron chi connectivity index (χ4n) is 2.22. The van der Waals surface area contributed by atoms with Crippen molar-refractivity contribution in [3.8, 4) is 0 Å². The van der Waals surface area contributed by atoms with E-state index >= 15 is 0 Å². The van der Waals surface area contributed by atoms with E-state index < -0.39 is 16.7 Å². The molecule has 2 amide bonds. The van der Waals surface area contributed by atoms with E-state index in [1.807, 2.05) is 6.07 Å². The molecule has 0 atom stereocenters. The van der Waals surface area contributed by atoms with Gasteiger partial charge in [-0.2, -0.15) is 0 Å². The molecule has 27 heavy (non-hydrogen) atoms. The molecule has 8 nitrogen and oxygen atoms in total. The van der Waals surface area contributed by atoms with Gasteiger partial charge in [0.2, 0.25) is 0 Å². The molecule has 0 radical (unpaired) electrons. The lowest BCUT2D eigenvalue weighted by molar-refractivity contribution is -0.402. The molecule has 2 N–H and O–H groups in total. The summed E-state index contributed by atoms with van der Waals surface area (Å²) in [6, 6.07) is 15.9. The van der Waals surface area contributed by atoms with E-state index in [0.29, 0.717) is 21.4 Å². The van der Waals surface area contributed by atoms with Crippen molar-refractivity contribution in [2.75, 3.05) is 10.6 Å². The molecule has 3 aromatic rings. The van der Waals surface area contributed by atoms with E-state index in [0.717, 1.165) is 6.07 Å². The van der Waals surface area contributed by atoms with Gasteiger partial charge in [-0.3, -0.25) is 19.7 Å². The van der Waals surface area contributed by atoms with Crippen molar-refractivity contribution in [1.29, 1.82) is 0 Å². The topological polar surface area (TPSA) is 114 Å². The summed E-state index contributed by atoms with van der Waals surface area (Å²) >= 11 is 3.34. The average Bonchev–Trinajstić information content (AvgIpc) is 3.15. The summed E-state index contributed by atoms with van der Waals surface area (Å²) in [6.07, 6.45) is 0. The van der Waals surface area contributed by atoms with Crippen LogP contribution in [0.4, 0.5) is 17.3 Å². The zero-order valence-electron chi connectivity index (χ0n) is 13.6. The zero-order valence-corrected chi connectivity index (χ0v) is 15.2. The maximum atomic E-state index is 12.2. The number of carbonyl (C=O) groups excluding carboxylic acids is 2. The van der Waals surface area contributed by atoms with Crippen molar-refractivity contribution in [2.24, 2.45) is 0 Å². The van der Waals surface area contributed by atoms with Gasteiger partial charge in [-0.1, -0.05) is 18.2 Å². The highest BCUT2D eigenvalue weighted by molar-refractivity contribution is 9.10. The fraction of sp³-hybridized carbons (Fsp3) is 0. The summed E-state index contributed by atoms with van der Waals surface area (Å²) in [5.74, 6) is -1.59. The molecule has 0 fully saturated rings. The van der Waals surface area contributed by atoms with Crippen LogP contribution in [0, 0.1) is 10.1 Å². The van der Waals surface area contributed by atoms with Crippen LogP contribution in [0.15, 0.2) is 69.6 Å². The maximum Gasteiger partial charge on any atom is 0.433 e. The molecule has 0 spiro atoms. The molecule has 136 valence electrons. The molecule has 0 bridgehead atoms. The number of furan rings is 1. The van der Waals surface area contributed by atoms with Crippen molar-refractivity contribution >= 4 is 45.0 Å². The van der Waals surface area contributed by atoms with Crippen LogP contribution in [0.2, 0.25) is 0 Å². The van der Waals surface area contributed by atoms with Gasteiger partial charge in [0.25, 0.3) is 11.8 Å². The van der Waals surface area contributed by atoms with Crippen LogP contribution in [-0.4, -0.2) is 16.7 Å². The molecule has 1 heterocycles. The lowest BCUT2D eigenvalue weighted by atomic mass is 10.2. The number of hydrogen-bond acceptors (Lipinski definition) is 5. The first-order valence-electron chi connectivity index (χ1n) is 7.65. The van der Waals surface area contributed by atoms with Gasteiger partial charge in [-0.25, -0.2) is 0 Å². The third-order valence-electron chi connectivity index (χ3n) is 3.51. The number of nitro groups is 1. The van der Waals surface area contributed by atoms with Gasteiger partial charge < -0.3 is 15.1 Å². The molecule has 0 aliphatic heterocycles. The van der Waals surface area contributed by atoms with E-state index in [2.05, 4.69) is 26.6 Å². The highest BCUT2D eigenvalue weighted by Gasteiger charge is 2.17. The Labute approximate surface area is 161 Å². The smallest absolute Gasteiger partial charge is 0.395 e. The van der Waals surface area contributed by atoms with Crippen molar-refractivity contribution < 1.29 is 18.9 Å². The van der Waals surface area contributed by atoms with Gasteiger partial charge in [0.1, 0.15) is 4.92 Å². The minimum atomic E-state index is -0.725. The number of nitrogens with one attached hydrogen (secondary N) is 2. The minimum Gasteiger partial charge on any atom is -0.395 e. The van der Waals surface area contributed by atoms with E-state index in [1.165, 1.54) is 6.07 Å². The molecule has 0 unspecified atom stereocenters. The van der Waals surface area contributed by atoms with Crippen LogP contribution >= 0.6 is 15.9 Å². The van der Waals surface area contributed by atoms with Crippen LogP contribution in [0.5, 0.6) is 0 Å². The van der Waals surface area contributed by atoms with Gasteiger partial charge in [-0.15, -0.1) is 0 Å². The fourth-order valence-corrected chi connectivity index (χ4v) is 2.70. The molecule has 9 heteroatoms. The lowest BCUT2D eigenvalue weighted by Gasteiger charge is -2.10. The van der Waals surface area contributed by atoms with Gasteiger partial charge >= 0.3 is 5.88 Å². The minimum absolute atomic E-state index is 0.181. The van der Waals surface area contributed by atoms with Crippen molar-refractivity contribution in [3.63, 3.8) is 0 Å². The second kappa shape index (κ2) is 7.83. The van der Waals surface area contributed by atoms with Crippen LogP contribution in [-0.2, 0) is 0 Å². The van der Waals surface area contributed by atoms with Gasteiger partial charge in [0.15, 0.2) is 5.76 Å². The first-order valence-corrected chi connectivity index (χ1v) is 8.45. The Morgan fingerprint density at radius 2 is 1.70 bits per heavy atom. The van der Waals surface area contributed by atoms with Crippen molar-refractivity contribution in [2.45, 2.75) is 0 Å². The maximum absolute atomic E-state index is 12.2. The van der Waals surface area contributed by atoms with Crippen LogP contribution < -0.4 is 10.6 Å². The Balaban J connectivity index is 1.69. The second-order valence-corrected chi connectivity index (χ2v) is 6.22. The quantitative estimate of drug-likeness (QED) is 0.458. The number of halogens is 1. The lowest BCUT2D eigenvalue weighted by Crippen LogP contribution is -2.13. The number of benzene rings is 2. The standard InChI is InChI=1S/C18H12BrN3O5/c19-13-10-12(20-18(24)15-8-9-16(27-15)22(25)26)6-7-14(13)21-17(23)11-4-2-1-3-5-11/h1-10H,(H,20,24)(H,21,23). The number of rotatable bonds is 5. The van der Waals surface area contributed by atoms with Crippen LogP contribution in [0.1, 0.15) is 20.9 Å².